The minimum Gasteiger partial charge on any atom is -0.497 e. The Bertz CT molecular complexity index is 599. The van der Waals surface area contributed by atoms with Crippen LogP contribution in [0.3, 0.4) is 0 Å². The first-order valence-corrected chi connectivity index (χ1v) is 6.06. The lowest BCUT2D eigenvalue weighted by molar-refractivity contribution is -0.104. The molecule has 0 saturated carbocycles. The molecule has 1 aromatic heterocycles. The van der Waals surface area contributed by atoms with Crippen LogP contribution in [0.4, 0.5) is 0 Å². The minimum atomic E-state index is 0.434. The number of hydrogen-bond acceptors (Lipinski definition) is 3. The van der Waals surface area contributed by atoms with Gasteiger partial charge in [0.2, 0.25) is 0 Å². The van der Waals surface area contributed by atoms with Crippen molar-refractivity contribution in [3.63, 3.8) is 0 Å². The molecule has 0 amide bonds. The molecule has 2 rings (SSSR count). The molecule has 4 nitrogen and oxygen atoms in total. The molecule has 0 bridgehead atoms. The van der Waals surface area contributed by atoms with Gasteiger partial charge in [-0.15, -0.1) is 0 Å². The normalized spacial score (nSPS) is 11.3. The number of hydrogen-bond donors (Lipinski definition) is 0. The number of carbonyl (C=O) groups is 1. The molecule has 0 saturated heterocycles. The van der Waals surface area contributed by atoms with Crippen LogP contribution in [0.1, 0.15) is 5.69 Å². The molecule has 2 aromatic rings. The van der Waals surface area contributed by atoms with Crippen LogP contribution in [0.25, 0.3) is 10.9 Å². The summed E-state index contributed by atoms with van der Waals surface area (Å²) in [4.78, 5) is 10.1. The molecule has 4 heteroatoms. The van der Waals surface area contributed by atoms with Gasteiger partial charge in [0.15, 0.2) is 0 Å². The highest BCUT2D eigenvalue weighted by molar-refractivity contribution is 5.82. The second kappa shape index (κ2) is 6.20. The van der Waals surface area contributed by atoms with Crippen LogP contribution < -0.4 is 4.74 Å². The highest BCUT2D eigenvalue weighted by Crippen LogP contribution is 2.24. The Hall–Kier alpha value is -2.07. The highest BCUT2D eigenvalue weighted by atomic mass is 16.5. The van der Waals surface area contributed by atoms with Gasteiger partial charge in [0, 0.05) is 23.6 Å². The van der Waals surface area contributed by atoms with Gasteiger partial charge in [-0.05, 0) is 30.3 Å². The predicted molar refractivity (Wildman–Crippen MR) is 74.3 cm³/mol. The molecular weight excluding hydrogens is 242 g/mol. The zero-order valence-corrected chi connectivity index (χ0v) is 11.1. The van der Waals surface area contributed by atoms with E-state index in [1.54, 1.807) is 13.2 Å². The van der Waals surface area contributed by atoms with E-state index in [0.717, 1.165) is 28.6 Å². The van der Waals surface area contributed by atoms with Crippen LogP contribution in [-0.4, -0.2) is 24.6 Å². The van der Waals surface area contributed by atoms with Crippen LogP contribution in [0, 0.1) is 0 Å². The molecule has 0 aliphatic heterocycles. The second-order valence-electron chi connectivity index (χ2n) is 4.20. The average Bonchev–Trinajstić information content (AvgIpc) is 2.75. The van der Waals surface area contributed by atoms with Crippen LogP contribution in [-0.2, 0) is 23.2 Å². The van der Waals surface area contributed by atoms with Gasteiger partial charge in [-0.2, -0.15) is 0 Å². The number of aldehydes is 1. The monoisotopic (exact) mass is 259 g/mol. The van der Waals surface area contributed by atoms with Crippen molar-refractivity contribution in [2.45, 2.75) is 6.61 Å². The zero-order valence-electron chi connectivity index (χ0n) is 11.1. The molecule has 0 radical (unpaired) electrons. The topological polar surface area (TPSA) is 40.5 Å². The van der Waals surface area contributed by atoms with Gasteiger partial charge in [0.05, 0.1) is 20.3 Å². The summed E-state index contributed by atoms with van der Waals surface area (Å²) >= 11 is 0. The Balaban J connectivity index is 2.12. The maximum absolute atomic E-state index is 10.1. The number of allylic oxidation sites excluding steroid dienone is 1. The van der Waals surface area contributed by atoms with Crippen molar-refractivity contribution in [3.05, 3.63) is 42.1 Å². The largest absolute Gasteiger partial charge is 0.497 e. The molecule has 0 atom stereocenters. The number of benzene rings is 1. The van der Waals surface area contributed by atoms with Crippen molar-refractivity contribution in [2.75, 3.05) is 13.7 Å². The van der Waals surface area contributed by atoms with E-state index < -0.39 is 0 Å². The number of nitrogens with zero attached hydrogens (tertiary/aromatic N) is 1. The molecule has 19 heavy (non-hydrogen) atoms. The van der Waals surface area contributed by atoms with E-state index >= 15 is 0 Å². The van der Waals surface area contributed by atoms with E-state index in [1.165, 1.54) is 6.08 Å². The molecule has 0 aliphatic rings. The van der Waals surface area contributed by atoms with Crippen LogP contribution in [0.2, 0.25) is 0 Å². The summed E-state index contributed by atoms with van der Waals surface area (Å²) in [6.07, 6.45) is 3.87. The number of ether oxygens (including phenoxy) is 2. The van der Waals surface area contributed by atoms with Crippen molar-refractivity contribution in [1.82, 2.24) is 4.57 Å². The van der Waals surface area contributed by atoms with Gasteiger partial charge in [-0.1, -0.05) is 6.08 Å². The standard InChI is InChI=1S/C15H17NO3/c1-16-13(11-19-8-4-3-7-17)9-12-10-14(18-2)5-6-15(12)16/h3-7,9-10H,8,11H2,1-2H3/b4-3+. The lowest BCUT2D eigenvalue weighted by Crippen LogP contribution is -1.99. The first kappa shape index (κ1) is 13.4. The summed E-state index contributed by atoms with van der Waals surface area (Å²) < 4.78 is 12.8. The number of aromatic nitrogens is 1. The predicted octanol–water partition coefficient (Wildman–Crippen LogP) is 2.46. The maximum atomic E-state index is 10.1. The molecule has 100 valence electrons. The zero-order chi connectivity index (χ0) is 13.7. The second-order valence-corrected chi connectivity index (χ2v) is 4.20. The van der Waals surface area contributed by atoms with Gasteiger partial charge in [0.25, 0.3) is 0 Å². The summed E-state index contributed by atoms with van der Waals surface area (Å²) in [6.45, 7) is 0.945. The molecule has 0 fully saturated rings. The van der Waals surface area contributed by atoms with E-state index in [9.17, 15) is 4.79 Å². The Kier molecular flexibility index (Phi) is 4.36. The van der Waals surface area contributed by atoms with E-state index in [1.807, 2.05) is 25.2 Å². The first-order chi connectivity index (χ1) is 9.26. The van der Waals surface area contributed by atoms with E-state index in [4.69, 9.17) is 9.47 Å². The fraction of sp³-hybridized carbons (Fsp3) is 0.267. The van der Waals surface area contributed by atoms with Gasteiger partial charge in [-0.25, -0.2) is 0 Å². The Morgan fingerprint density at radius 2 is 2.16 bits per heavy atom. The first-order valence-electron chi connectivity index (χ1n) is 6.06. The van der Waals surface area contributed by atoms with Crippen molar-refractivity contribution in [3.8, 4) is 5.75 Å². The van der Waals surface area contributed by atoms with E-state index in [2.05, 4.69) is 10.6 Å². The Morgan fingerprint density at radius 3 is 2.89 bits per heavy atom. The number of carbonyl (C=O) groups excluding carboxylic acids is 1. The van der Waals surface area contributed by atoms with Crippen molar-refractivity contribution >= 4 is 17.2 Å². The summed E-state index contributed by atoms with van der Waals surface area (Å²) in [5, 5.41) is 1.13. The van der Waals surface area contributed by atoms with Gasteiger partial charge >= 0.3 is 0 Å². The molecular formula is C15H17NO3. The number of rotatable bonds is 6. The lowest BCUT2D eigenvalue weighted by Gasteiger charge is -2.04. The molecule has 0 spiro atoms. The molecule has 0 aliphatic carbocycles. The highest BCUT2D eigenvalue weighted by Gasteiger charge is 2.06. The van der Waals surface area contributed by atoms with Gasteiger partial charge in [0.1, 0.15) is 12.0 Å². The summed E-state index contributed by atoms with van der Waals surface area (Å²) in [5.41, 5.74) is 2.23. The fourth-order valence-corrected chi connectivity index (χ4v) is 1.99. The number of methoxy groups -OCH3 is 1. The Labute approximate surface area is 112 Å². The van der Waals surface area contributed by atoms with Gasteiger partial charge in [-0.3, -0.25) is 4.79 Å². The molecule has 0 unspecified atom stereocenters. The van der Waals surface area contributed by atoms with Crippen LogP contribution in [0.5, 0.6) is 5.75 Å². The van der Waals surface area contributed by atoms with Gasteiger partial charge < -0.3 is 14.0 Å². The summed E-state index contributed by atoms with van der Waals surface area (Å²) in [6, 6.07) is 8.07. The van der Waals surface area contributed by atoms with Crippen LogP contribution in [0.15, 0.2) is 36.4 Å². The van der Waals surface area contributed by atoms with E-state index in [0.29, 0.717) is 13.2 Å². The number of fused-ring (bicyclic) bond motifs is 1. The van der Waals surface area contributed by atoms with Crippen molar-refractivity contribution < 1.29 is 14.3 Å². The summed E-state index contributed by atoms with van der Waals surface area (Å²) in [7, 11) is 3.67. The third-order valence-corrected chi connectivity index (χ3v) is 3.03. The molecule has 0 N–H and O–H groups in total. The minimum absolute atomic E-state index is 0.434. The van der Waals surface area contributed by atoms with E-state index in [-0.39, 0.29) is 0 Å². The SMILES string of the molecule is COc1ccc2c(c1)cc(COC/C=C/C=O)n2C. The maximum Gasteiger partial charge on any atom is 0.142 e. The Morgan fingerprint density at radius 1 is 1.32 bits per heavy atom. The van der Waals surface area contributed by atoms with Crippen molar-refractivity contribution in [1.29, 1.82) is 0 Å². The summed E-state index contributed by atoms with van der Waals surface area (Å²) in [5.74, 6) is 0.847. The average molecular weight is 259 g/mol. The van der Waals surface area contributed by atoms with Crippen LogP contribution >= 0.6 is 0 Å². The lowest BCUT2D eigenvalue weighted by atomic mass is 10.2. The fourth-order valence-electron chi connectivity index (χ4n) is 1.99. The third kappa shape index (κ3) is 3.03. The third-order valence-electron chi connectivity index (χ3n) is 3.03. The molecule has 1 aromatic carbocycles. The molecule has 1 heterocycles. The smallest absolute Gasteiger partial charge is 0.142 e. The number of aryl methyl sites for hydroxylation is 1. The quantitative estimate of drug-likeness (QED) is 0.454. The van der Waals surface area contributed by atoms with Crippen molar-refractivity contribution in [2.24, 2.45) is 7.05 Å².